The van der Waals surface area contributed by atoms with Crippen LogP contribution in [0.15, 0.2) is 18.2 Å². The van der Waals surface area contributed by atoms with Gasteiger partial charge in [-0.1, -0.05) is 11.6 Å². The number of carbonyl (C=O) groups is 1. The summed E-state index contributed by atoms with van der Waals surface area (Å²) in [4.78, 5) is 14.5. The van der Waals surface area contributed by atoms with E-state index in [2.05, 4.69) is 0 Å². The highest BCUT2D eigenvalue weighted by Crippen LogP contribution is 2.40. The molecule has 1 amide bonds. The Balaban J connectivity index is 1.48. The molecular formula is C18H20ClNO5. The fourth-order valence-electron chi connectivity index (χ4n) is 3.46. The lowest BCUT2D eigenvalue weighted by molar-refractivity contribution is -0.145. The predicted molar refractivity (Wildman–Crippen MR) is 91.7 cm³/mol. The van der Waals surface area contributed by atoms with Crippen molar-refractivity contribution in [1.82, 2.24) is 4.90 Å². The lowest BCUT2D eigenvalue weighted by atomic mass is 10.0. The second-order valence-corrected chi connectivity index (χ2v) is 6.68. The van der Waals surface area contributed by atoms with Crippen molar-refractivity contribution in [2.75, 3.05) is 26.6 Å². The molecule has 1 aromatic rings. The minimum Gasteiger partial charge on any atom is -0.454 e. The molecule has 3 aliphatic heterocycles. The number of amides is 1. The third-order valence-corrected chi connectivity index (χ3v) is 4.94. The Morgan fingerprint density at radius 3 is 2.88 bits per heavy atom. The minimum absolute atomic E-state index is 0.0197. The van der Waals surface area contributed by atoms with Crippen molar-refractivity contribution in [1.29, 1.82) is 0 Å². The highest BCUT2D eigenvalue weighted by molar-refractivity contribution is 6.32. The summed E-state index contributed by atoms with van der Waals surface area (Å²) in [6.45, 7) is 2.07. The van der Waals surface area contributed by atoms with E-state index < -0.39 is 0 Å². The summed E-state index contributed by atoms with van der Waals surface area (Å²) in [6.07, 6.45) is 6.00. The number of rotatable bonds is 3. The maximum absolute atomic E-state index is 12.7. The third kappa shape index (κ3) is 3.47. The Kier molecular flexibility index (Phi) is 4.83. The molecule has 0 N–H and O–H groups in total. The summed E-state index contributed by atoms with van der Waals surface area (Å²) < 4.78 is 21.9. The van der Waals surface area contributed by atoms with E-state index >= 15 is 0 Å². The predicted octanol–water partition coefficient (Wildman–Crippen LogP) is 2.84. The number of fused-ring (bicyclic) bond motifs is 1. The molecule has 0 radical (unpaired) electrons. The molecule has 2 fully saturated rings. The molecule has 2 saturated heterocycles. The van der Waals surface area contributed by atoms with Crippen molar-refractivity contribution in [2.45, 2.75) is 31.6 Å². The van der Waals surface area contributed by atoms with Crippen molar-refractivity contribution >= 4 is 23.6 Å². The SMILES string of the molecule is O=C(C=Cc1cc(Cl)c2c(c1)OCO2)N1CCCCC1C1OCCO1. The summed E-state index contributed by atoms with van der Waals surface area (Å²) in [5.74, 6) is 1.11. The van der Waals surface area contributed by atoms with Crippen molar-refractivity contribution in [3.63, 3.8) is 0 Å². The van der Waals surface area contributed by atoms with Gasteiger partial charge in [0, 0.05) is 12.6 Å². The van der Waals surface area contributed by atoms with Crippen molar-refractivity contribution in [2.24, 2.45) is 0 Å². The van der Waals surface area contributed by atoms with Gasteiger partial charge in [0.25, 0.3) is 0 Å². The average molecular weight is 366 g/mol. The molecule has 1 aromatic carbocycles. The van der Waals surface area contributed by atoms with E-state index in [1.54, 1.807) is 18.2 Å². The van der Waals surface area contributed by atoms with Crippen molar-refractivity contribution < 1.29 is 23.7 Å². The van der Waals surface area contributed by atoms with E-state index in [1.165, 1.54) is 0 Å². The lowest BCUT2D eigenvalue weighted by Gasteiger charge is -2.37. The van der Waals surface area contributed by atoms with E-state index in [1.807, 2.05) is 11.0 Å². The Labute approximate surface area is 151 Å². The van der Waals surface area contributed by atoms with Gasteiger partial charge in [-0.05, 0) is 43.0 Å². The second kappa shape index (κ2) is 7.23. The van der Waals surface area contributed by atoms with Gasteiger partial charge in [0.15, 0.2) is 17.8 Å². The summed E-state index contributed by atoms with van der Waals surface area (Å²) in [5.41, 5.74) is 0.796. The van der Waals surface area contributed by atoms with Gasteiger partial charge >= 0.3 is 0 Å². The molecule has 134 valence electrons. The van der Waals surface area contributed by atoms with Crippen LogP contribution in [-0.2, 0) is 14.3 Å². The minimum atomic E-state index is -0.308. The zero-order valence-corrected chi connectivity index (χ0v) is 14.5. The quantitative estimate of drug-likeness (QED) is 0.771. The first kappa shape index (κ1) is 16.7. The van der Waals surface area contributed by atoms with Crippen LogP contribution in [-0.4, -0.2) is 49.7 Å². The van der Waals surface area contributed by atoms with Crippen LogP contribution in [0.3, 0.4) is 0 Å². The van der Waals surface area contributed by atoms with Crippen LogP contribution >= 0.6 is 11.6 Å². The first-order chi connectivity index (χ1) is 12.2. The lowest BCUT2D eigenvalue weighted by Crippen LogP contribution is -2.49. The fraction of sp³-hybridized carbons (Fsp3) is 0.500. The van der Waals surface area contributed by atoms with Crippen LogP contribution in [0.5, 0.6) is 11.5 Å². The number of ether oxygens (including phenoxy) is 4. The summed E-state index contributed by atoms with van der Waals surface area (Å²) in [5, 5.41) is 0.478. The number of benzene rings is 1. The van der Waals surface area contributed by atoms with Crippen molar-refractivity contribution in [3.8, 4) is 11.5 Å². The largest absolute Gasteiger partial charge is 0.454 e. The van der Waals surface area contributed by atoms with Gasteiger partial charge in [-0.2, -0.15) is 0 Å². The Morgan fingerprint density at radius 2 is 2.04 bits per heavy atom. The number of nitrogens with zero attached hydrogens (tertiary/aromatic N) is 1. The number of likely N-dealkylation sites (tertiary alicyclic amines) is 1. The van der Waals surface area contributed by atoms with Crippen LogP contribution in [0.25, 0.3) is 6.08 Å². The average Bonchev–Trinajstić information content (AvgIpc) is 3.31. The molecule has 0 saturated carbocycles. The molecule has 0 aliphatic carbocycles. The van der Waals surface area contributed by atoms with Crippen LogP contribution < -0.4 is 9.47 Å². The normalized spacial score (nSPS) is 23.6. The van der Waals surface area contributed by atoms with E-state index in [4.69, 9.17) is 30.5 Å². The molecule has 7 heteroatoms. The number of hydrogen-bond acceptors (Lipinski definition) is 5. The molecule has 3 heterocycles. The smallest absolute Gasteiger partial charge is 0.246 e. The Bertz CT molecular complexity index is 686. The van der Waals surface area contributed by atoms with E-state index in [9.17, 15) is 4.79 Å². The van der Waals surface area contributed by atoms with Gasteiger partial charge in [-0.15, -0.1) is 0 Å². The van der Waals surface area contributed by atoms with Gasteiger partial charge < -0.3 is 23.8 Å². The summed E-state index contributed by atoms with van der Waals surface area (Å²) in [7, 11) is 0. The maximum atomic E-state index is 12.7. The molecule has 0 bridgehead atoms. The van der Waals surface area contributed by atoms with Gasteiger partial charge in [0.05, 0.1) is 24.3 Å². The van der Waals surface area contributed by atoms with E-state index in [0.717, 1.165) is 31.4 Å². The second-order valence-electron chi connectivity index (χ2n) is 6.27. The molecule has 3 aliphatic rings. The molecule has 4 rings (SSSR count). The van der Waals surface area contributed by atoms with Crippen LogP contribution in [0, 0.1) is 0 Å². The van der Waals surface area contributed by atoms with E-state index in [0.29, 0.717) is 29.7 Å². The van der Waals surface area contributed by atoms with Gasteiger partial charge in [-0.25, -0.2) is 0 Å². The molecule has 1 unspecified atom stereocenters. The maximum Gasteiger partial charge on any atom is 0.246 e. The number of piperidine rings is 1. The van der Waals surface area contributed by atoms with Crippen molar-refractivity contribution in [3.05, 3.63) is 28.8 Å². The van der Waals surface area contributed by atoms with Gasteiger partial charge in [-0.3, -0.25) is 4.79 Å². The number of hydrogen-bond donors (Lipinski definition) is 0. The fourth-order valence-corrected chi connectivity index (χ4v) is 3.73. The van der Waals surface area contributed by atoms with Gasteiger partial charge in [0.2, 0.25) is 12.7 Å². The third-order valence-electron chi connectivity index (χ3n) is 4.66. The molecule has 25 heavy (non-hydrogen) atoms. The Morgan fingerprint density at radius 1 is 1.20 bits per heavy atom. The standard InChI is InChI=1S/C18H20ClNO5/c19-13-9-12(10-15-17(13)25-11-24-15)4-5-16(21)20-6-2-1-3-14(20)18-22-7-8-23-18/h4-5,9-10,14,18H,1-3,6-8,11H2. The van der Waals surface area contributed by atoms with Crippen LogP contribution in [0.1, 0.15) is 24.8 Å². The molecule has 0 spiro atoms. The highest BCUT2D eigenvalue weighted by atomic mass is 35.5. The number of halogens is 1. The molecule has 6 nitrogen and oxygen atoms in total. The van der Waals surface area contributed by atoms with Gasteiger partial charge in [0.1, 0.15) is 0 Å². The first-order valence-corrected chi connectivity index (χ1v) is 8.91. The zero-order valence-electron chi connectivity index (χ0n) is 13.8. The zero-order chi connectivity index (χ0) is 17.2. The van der Waals surface area contributed by atoms with E-state index in [-0.39, 0.29) is 25.0 Å². The molecule has 0 aromatic heterocycles. The first-order valence-electron chi connectivity index (χ1n) is 8.53. The summed E-state index contributed by atoms with van der Waals surface area (Å²) in [6, 6.07) is 3.55. The van der Waals surface area contributed by atoms with Crippen LogP contribution in [0.4, 0.5) is 0 Å². The summed E-state index contributed by atoms with van der Waals surface area (Å²) >= 11 is 6.18. The Hall–Kier alpha value is -1.76. The highest BCUT2D eigenvalue weighted by Gasteiger charge is 2.35. The molecular weight excluding hydrogens is 346 g/mol. The molecule has 1 atom stereocenters. The number of carbonyl (C=O) groups excluding carboxylic acids is 1. The monoisotopic (exact) mass is 365 g/mol. The van der Waals surface area contributed by atoms with Crippen LogP contribution in [0.2, 0.25) is 5.02 Å². The topological polar surface area (TPSA) is 57.2 Å².